The van der Waals surface area contributed by atoms with Crippen molar-refractivity contribution in [2.75, 3.05) is 6.54 Å². The molecular formula is C14H22N4O. The topological polar surface area (TPSA) is 63.0 Å². The van der Waals surface area contributed by atoms with Gasteiger partial charge in [-0.3, -0.25) is 4.68 Å². The van der Waals surface area contributed by atoms with Gasteiger partial charge in [-0.05, 0) is 37.9 Å². The smallest absolute Gasteiger partial charge is 0.157 e. The molecule has 1 unspecified atom stereocenters. The number of pyridine rings is 1. The molecule has 2 heterocycles. The average molecular weight is 262 g/mol. The molecule has 5 heteroatoms. The summed E-state index contributed by atoms with van der Waals surface area (Å²) in [6.07, 6.45) is 3.28. The Labute approximate surface area is 113 Å². The van der Waals surface area contributed by atoms with Crippen molar-refractivity contribution in [2.24, 2.45) is 7.05 Å². The van der Waals surface area contributed by atoms with Gasteiger partial charge in [0.25, 0.3) is 0 Å². The highest BCUT2D eigenvalue weighted by Gasteiger charge is 2.07. The van der Waals surface area contributed by atoms with Crippen LogP contribution in [0.2, 0.25) is 0 Å². The molecule has 19 heavy (non-hydrogen) atoms. The highest BCUT2D eigenvalue weighted by Crippen LogP contribution is 2.16. The number of hydrogen-bond acceptors (Lipinski definition) is 4. The minimum atomic E-state index is -0.200. The van der Waals surface area contributed by atoms with Crippen LogP contribution >= 0.6 is 0 Å². The summed E-state index contributed by atoms with van der Waals surface area (Å²) < 4.78 is 1.81. The SMILES string of the molecule is CCC(O)CCNCc1cnc2c(c1)c(C)nn2C. The van der Waals surface area contributed by atoms with Gasteiger partial charge in [0.2, 0.25) is 0 Å². The van der Waals surface area contributed by atoms with Gasteiger partial charge in [0.15, 0.2) is 5.65 Å². The molecule has 2 aromatic rings. The summed E-state index contributed by atoms with van der Waals surface area (Å²) in [5, 5.41) is 18.3. The van der Waals surface area contributed by atoms with Crippen molar-refractivity contribution in [1.82, 2.24) is 20.1 Å². The molecule has 0 aliphatic heterocycles. The predicted octanol–water partition coefficient (Wildman–Crippen LogP) is 1.53. The van der Waals surface area contributed by atoms with Crippen LogP contribution in [0, 0.1) is 6.92 Å². The van der Waals surface area contributed by atoms with Crippen molar-refractivity contribution in [2.45, 2.75) is 39.3 Å². The van der Waals surface area contributed by atoms with E-state index in [0.717, 1.165) is 48.2 Å². The van der Waals surface area contributed by atoms with Gasteiger partial charge in [0.1, 0.15) is 0 Å². The van der Waals surface area contributed by atoms with Crippen molar-refractivity contribution in [3.05, 3.63) is 23.5 Å². The van der Waals surface area contributed by atoms with Crippen molar-refractivity contribution in [1.29, 1.82) is 0 Å². The Bertz CT molecular complexity index is 550. The molecule has 0 saturated heterocycles. The molecule has 2 rings (SSSR count). The summed E-state index contributed by atoms with van der Waals surface area (Å²) in [7, 11) is 1.91. The van der Waals surface area contributed by atoms with Crippen LogP contribution in [-0.4, -0.2) is 32.5 Å². The largest absolute Gasteiger partial charge is 0.393 e. The van der Waals surface area contributed by atoms with E-state index < -0.39 is 0 Å². The zero-order valence-electron chi connectivity index (χ0n) is 11.8. The Kier molecular flexibility index (Phi) is 4.50. The van der Waals surface area contributed by atoms with E-state index in [1.807, 2.05) is 27.1 Å². The van der Waals surface area contributed by atoms with Gasteiger partial charge in [-0.2, -0.15) is 5.10 Å². The normalized spacial score (nSPS) is 13.1. The molecule has 5 nitrogen and oxygen atoms in total. The summed E-state index contributed by atoms with van der Waals surface area (Å²) in [4.78, 5) is 4.44. The lowest BCUT2D eigenvalue weighted by atomic mass is 10.2. The van der Waals surface area contributed by atoms with E-state index >= 15 is 0 Å². The number of rotatable bonds is 6. The maximum Gasteiger partial charge on any atom is 0.157 e. The van der Waals surface area contributed by atoms with Crippen LogP contribution in [0.4, 0.5) is 0 Å². The third-order valence-corrected chi connectivity index (χ3v) is 3.37. The lowest BCUT2D eigenvalue weighted by Gasteiger charge is -2.08. The molecular weight excluding hydrogens is 240 g/mol. The van der Waals surface area contributed by atoms with Gasteiger partial charge in [0, 0.05) is 25.2 Å². The summed E-state index contributed by atoms with van der Waals surface area (Å²) in [5.41, 5.74) is 3.07. The Morgan fingerprint density at radius 2 is 2.26 bits per heavy atom. The number of aliphatic hydroxyl groups is 1. The monoisotopic (exact) mass is 262 g/mol. The summed E-state index contributed by atoms with van der Waals surface area (Å²) >= 11 is 0. The molecule has 0 aromatic carbocycles. The van der Waals surface area contributed by atoms with Gasteiger partial charge in [-0.25, -0.2) is 4.98 Å². The van der Waals surface area contributed by atoms with E-state index in [1.165, 1.54) is 0 Å². The van der Waals surface area contributed by atoms with Gasteiger partial charge in [-0.1, -0.05) is 6.92 Å². The van der Waals surface area contributed by atoms with Gasteiger partial charge in [0.05, 0.1) is 11.8 Å². The van der Waals surface area contributed by atoms with Crippen molar-refractivity contribution in [3.63, 3.8) is 0 Å². The molecule has 0 radical (unpaired) electrons. The second-order valence-electron chi connectivity index (χ2n) is 4.95. The molecule has 104 valence electrons. The van der Waals surface area contributed by atoms with Crippen molar-refractivity contribution in [3.8, 4) is 0 Å². The number of hydrogen-bond donors (Lipinski definition) is 2. The lowest BCUT2D eigenvalue weighted by Crippen LogP contribution is -2.19. The Morgan fingerprint density at radius 1 is 1.47 bits per heavy atom. The molecule has 0 bridgehead atoms. The molecule has 0 amide bonds. The fourth-order valence-electron chi connectivity index (χ4n) is 2.15. The molecule has 0 fully saturated rings. The maximum absolute atomic E-state index is 9.47. The number of nitrogens with one attached hydrogen (secondary N) is 1. The number of fused-ring (bicyclic) bond motifs is 1. The molecule has 2 N–H and O–H groups in total. The van der Waals surface area contributed by atoms with E-state index in [1.54, 1.807) is 4.68 Å². The fourth-order valence-corrected chi connectivity index (χ4v) is 2.15. The molecule has 0 aliphatic carbocycles. The molecule has 2 aromatic heterocycles. The molecule has 0 aliphatic rings. The molecule has 0 saturated carbocycles. The van der Waals surface area contributed by atoms with Crippen LogP contribution in [0.1, 0.15) is 31.0 Å². The zero-order valence-corrected chi connectivity index (χ0v) is 11.8. The third-order valence-electron chi connectivity index (χ3n) is 3.37. The number of nitrogens with zero attached hydrogens (tertiary/aromatic N) is 3. The Hall–Kier alpha value is -1.46. The Balaban J connectivity index is 1.96. The van der Waals surface area contributed by atoms with Crippen LogP contribution in [0.3, 0.4) is 0 Å². The van der Waals surface area contributed by atoms with E-state index in [0.29, 0.717) is 0 Å². The average Bonchev–Trinajstić information content (AvgIpc) is 2.69. The fraction of sp³-hybridized carbons (Fsp3) is 0.571. The first-order chi connectivity index (χ1) is 9.11. The van der Waals surface area contributed by atoms with E-state index in [-0.39, 0.29) is 6.10 Å². The maximum atomic E-state index is 9.47. The minimum absolute atomic E-state index is 0.200. The Morgan fingerprint density at radius 3 is 3.00 bits per heavy atom. The quantitative estimate of drug-likeness (QED) is 0.775. The summed E-state index contributed by atoms with van der Waals surface area (Å²) in [6.45, 7) is 5.58. The lowest BCUT2D eigenvalue weighted by molar-refractivity contribution is 0.159. The summed E-state index contributed by atoms with van der Waals surface area (Å²) in [6, 6.07) is 2.13. The van der Waals surface area contributed by atoms with E-state index in [9.17, 15) is 5.11 Å². The van der Waals surface area contributed by atoms with Crippen molar-refractivity contribution < 1.29 is 5.11 Å². The van der Waals surface area contributed by atoms with Crippen LogP contribution < -0.4 is 5.32 Å². The minimum Gasteiger partial charge on any atom is -0.393 e. The van der Waals surface area contributed by atoms with Crippen LogP contribution in [-0.2, 0) is 13.6 Å². The number of aliphatic hydroxyl groups excluding tert-OH is 1. The number of aryl methyl sites for hydroxylation is 2. The van der Waals surface area contributed by atoms with Gasteiger partial charge >= 0.3 is 0 Å². The molecule has 1 atom stereocenters. The first-order valence-corrected chi connectivity index (χ1v) is 6.78. The predicted molar refractivity (Wildman–Crippen MR) is 75.9 cm³/mol. The number of aromatic nitrogens is 3. The van der Waals surface area contributed by atoms with Crippen LogP contribution in [0.15, 0.2) is 12.3 Å². The second-order valence-corrected chi connectivity index (χ2v) is 4.95. The molecule has 0 spiro atoms. The van der Waals surface area contributed by atoms with Crippen LogP contribution in [0.5, 0.6) is 0 Å². The van der Waals surface area contributed by atoms with Gasteiger partial charge < -0.3 is 10.4 Å². The highest BCUT2D eigenvalue weighted by molar-refractivity contribution is 5.78. The van der Waals surface area contributed by atoms with E-state index in [4.69, 9.17) is 0 Å². The summed E-state index contributed by atoms with van der Waals surface area (Å²) in [5.74, 6) is 0. The van der Waals surface area contributed by atoms with E-state index in [2.05, 4.69) is 21.5 Å². The van der Waals surface area contributed by atoms with Gasteiger partial charge in [-0.15, -0.1) is 0 Å². The highest BCUT2D eigenvalue weighted by atomic mass is 16.3. The first kappa shape index (κ1) is 14.0. The van der Waals surface area contributed by atoms with Crippen LogP contribution in [0.25, 0.3) is 11.0 Å². The van der Waals surface area contributed by atoms with Crippen molar-refractivity contribution >= 4 is 11.0 Å². The zero-order chi connectivity index (χ0) is 13.8. The first-order valence-electron chi connectivity index (χ1n) is 6.78. The standard InChI is InChI=1S/C14H22N4O/c1-4-12(19)5-6-15-8-11-7-13-10(2)17-18(3)14(13)16-9-11/h7,9,12,15,19H,4-6,8H2,1-3H3. The second kappa shape index (κ2) is 6.12. The third kappa shape index (κ3) is 3.30.